The van der Waals surface area contributed by atoms with Crippen LogP contribution in [0.1, 0.15) is 16.8 Å². The summed E-state index contributed by atoms with van der Waals surface area (Å²) in [4.78, 5) is 12.6. The standard InChI is InChI=1S/C24H23N3O2/c1-4-13-27-17(2)22(21-7-5-6-8-23(21)27)14-19(15-25)24(28)26-16-18-9-11-20(29-3)12-10-18/h4-12,14H,1,13,16H2,2-3H3,(H,26,28)/b19-14+. The molecular formula is C24H23N3O2. The van der Waals surface area contributed by atoms with E-state index >= 15 is 0 Å². The number of carbonyl (C=O) groups is 1. The van der Waals surface area contributed by atoms with Crippen LogP contribution in [0.5, 0.6) is 5.75 Å². The summed E-state index contributed by atoms with van der Waals surface area (Å²) in [5.74, 6) is 0.354. The first-order chi connectivity index (χ1) is 14.1. The SMILES string of the molecule is C=CCn1c(C)c(/C=C(\C#N)C(=O)NCc2ccc(OC)cc2)c2ccccc21. The van der Waals surface area contributed by atoms with Gasteiger partial charge in [0, 0.05) is 35.2 Å². The van der Waals surface area contributed by atoms with E-state index in [-0.39, 0.29) is 5.57 Å². The summed E-state index contributed by atoms with van der Waals surface area (Å²) in [7, 11) is 1.61. The molecule has 0 spiro atoms. The number of aromatic nitrogens is 1. The van der Waals surface area contributed by atoms with Gasteiger partial charge in [-0.15, -0.1) is 6.58 Å². The molecule has 5 heteroatoms. The molecular weight excluding hydrogens is 362 g/mol. The first kappa shape index (κ1) is 20.0. The lowest BCUT2D eigenvalue weighted by Crippen LogP contribution is -2.23. The van der Waals surface area contributed by atoms with Gasteiger partial charge < -0.3 is 14.6 Å². The number of allylic oxidation sites excluding steroid dienone is 1. The van der Waals surface area contributed by atoms with Gasteiger partial charge in [0.2, 0.25) is 0 Å². The van der Waals surface area contributed by atoms with Crippen molar-refractivity contribution < 1.29 is 9.53 Å². The number of ether oxygens (including phenoxy) is 1. The summed E-state index contributed by atoms with van der Waals surface area (Å²) in [5.41, 5.74) is 3.91. The van der Waals surface area contributed by atoms with Gasteiger partial charge in [0.1, 0.15) is 17.4 Å². The molecule has 0 bridgehead atoms. The number of methoxy groups -OCH3 is 1. The molecule has 0 atom stereocenters. The smallest absolute Gasteiger partial charge is 0.262 e. The number of hydrogen-bond acceptors (Lipinski definition) is 3. The quantitative estimate of drug-likeness (QED) is 0.373. The van der Waals surface area contributed by atoms with Crippen molar-refractivity contribution >= 4 is 22.9 Å². The van der Waals surface area contributed by atoms with E-state index in [4.69, 9.17) is 4.74 Å². The zero-order chi connectivity index (χ0) is 20.8. The third-order valence-corrected chi connectivity index (χ3v) is 4.86. The molecule has 5 nitrogen and oxygen atoms in total. The van der Waals surface area contributed by atoms with Crippen LogP contribution in [0.4, 0.5) is 0 Å². The number of nitrogens with zero attached hydrogens (tertiary/aromatic N) is 2. The van der Waals surface area contributed by atoms with Gasteiger partial charge in [-0.3, -0.25) is 4.79 Å². The van der Waals surface area contributed by atoms with E-state index in [0.29, 0.717) is 13.1 Å². The van der Waals surface area contributed by atoms with Crippen LogP contribution < -0.4 is 10.1 Å². The van der Waals surface area contributed by atoms with Gasteiger partial charge in [-0.05, 0) is 36.8 Å². The zero-order valence-electron chi connectivity index (χ0n) is 16.6. The fourth-order valence-electron chi connectivity index (χ4n) is 3.32. The molecule has 1 N–H and O–H groups in total. The molecule has 1 aromatic heterocycles. The first-order valence-corrected chi connectivity index (χ1v) is 9.30. The molecule has 1 amide bonds. The van der Waals surface area contributed by atoms with E-state index in [1.807, 2.05) is 67.6 Å². The maximum absolute atomic E-state index is 12.6. The average Bonchev–Trinajstić information content (AvgIpc) is 3.02. The maximum atomic E-state index is 12.6. The van der Waals surface area contributed by atoms with Crippen molar-refractivity contribution in [1.82, 2.24) is 9.88 Å². The minimum atomic E-state index is -0.400. The third-order valence-electron chi connectivity index (χ3n) is 4.86. The summed E-state index contributed by atoms with van der Waals surface area (Å²) >= 11 is 0. The van der Waals surface area contributed by atoms with Gasteiger partial charge in [0.05, 0.1) is 7.11 Å². The number of benzene rings is 2. The molecule has 0 radical (unpaired) electrons. The predicted molar refractivity (Wildman–Crippen MR) is 115 cm³/mol. The Morgan fingerprint density at radius 1 is 1.24 bits per heavy atom. The van der Waals surface area contributed by atoms with E-state index in [9.17, 15) is 10.1 Å². The molecule has 1 heterocycles. The Labute approximate surface area is 170 Å². The Bertz CT molecular complexity index is 1120. The molecule has 0 aliphatic rings. The van der Waals surface area contributed by atoms with Crippen LogP contribution in [0.2, 0.25) is 0 Å². The van der Waals surface area contributed by atoms with Crippen molar-refractivity contribution in [2.45, 2.75) is 20.0 Å². The van der Waals surface area contributed by atoms with Crippen molar-refractivity contribution in [3.63, 3.8) is 0 Å². The topological polar surface area (TPSA) is 67.0 Å². The Morgan fingerprint density at radius 3 is 2.62 bits per heavy atom. The zero-order valence-corrected chi connectivity index (χ0v) is 16.6. The lowest BCUT2D eigenvalue weighted by Gasteiger charge is -2.06. The summed E-state index contributed by atoms with van der Waals surface area (Å²) in [6.07, 6.45) is 3.50. The lowest BCUT2D eigenvalue weighted by molar-refractivity contribution is -0.117. The highest BCUT2D eigenvalue weighted by atomic mass is 16.5. The Morgan fingerprint density at radius 2 is 1.97 bits per heavy atom. The van der Waals surface area contributed by atoms with E-state index in [1.54, 1.807) is 13.2 Å². The minimum absolute atomic E-state index is 0.0723. The van der Waals surface area contributed by atoms with Crippen LogP contribution in [0.25, 0.3) is 17.0 Å². The highest BCUT2D eigenvalue weighted by Crippen LogP contribution is 2.28. The van der Waals surface area contributed by atoms with E-state index in [1.165, 1.54) is 0 Å². The average molecular weight is 385 g/mol. The van der Waals surface area contributed by atoms with Crippen LogP contribution >= 0.6 is 0 Å². The van der Waals surface area contributed by atoms with E-state index in [2.05, 4.69) is 16.5 Å². The molecule has 3 aromatic rings. The fraction of sp³-hybridized carbons (Fsp3) is 0.167. The Hall–Kier alpha value is -3.78. The monoisotopic (exact) mass is 385 g/mol. The molecule has 3 rings (SSSR count). The van der Waals surface area contributed by atoms with Gasteiger partial charge in [-0.2, -0.15) is 5.26 Å². The number of para-hydroxylation sites is 1. The van der Waals surface area contributed by atoms with Crippen LogP contribution in [0.15, 0.2) is 66.8 Å². The van der Waals surface area contributed by atoms with E-state index in [0.717, 1.165) is 33.5 Å². The highest BCUT2D eigenvalue weighted by Gasteiger charge is 2.15. The summed E-state index contributed by atoms with van der Waals surface area (Å²) in [5, 5.41) is 13.4. The fourth-order valence-corrected chi connectivity index (χ4v) is 3.32. The molecule has 0 unspecified atom stereocenters. The lowest BCUT2D eigenvalue weighted by atomic mass is 10.1. The summed E-state index contributed by atoms with van der Waals surface area (Å²) < 4.78 is 7.26. The minimum Gasteiger partial charge on any atom is -0.497 e. The van der Waals surface area contributed by atoms with Crippen LogP contribution in [-0.2, 0) is 17.9 Å². The number of nitrogens with one attached hydrogen (secondary N) is 1. The molecule has 0 saturated heterocycles. The molecule has 0 aliphatic carbocycles. The third kappa shape index (κ3) is 4.22. The predicted octanol–water partition coefficient (Wildman–Crippen LogP) is 4.37. The molecule has 0 aliphatic heterocycles. The van der Waals surface area contributed by atoms with Gasteiger partial charge in [0.25, 0.3) is 5.91 Å². The number of fused-ring (bicyclic) bond motifs is 1. The number of amides is 1. The first-order valence-electron chi connectivity index (χ1n) is 9.30. The second-order valence-corrected chi connectivity index (χ2v) is 6.62. The van der Waals surface area contributed by atoms with Crippen molar-refractivity contribution in [2.24, 2.45) is 0 Å². The van der Waals surface area contributed by atoms with Crippen molar-refractivity contribution in [1.29, 1.82) is 5.26 Å². The molecule has 0 saturated carbocycles. The molecule has 29 heavy (non-hydrogen) atoms. The maximum Gasteiger partial charge on any atom is 0.262 e. The van der Waals surface area contributed by atoms with Crippen LogP contribution in [0, 0.1) is 18.3 Å². The second kappa shape index (κ2) is 8.94. The number of nitriles is 1. The van der Waals surface area contributed by atoms with Gasteiger partial charge in [-0.25, -0.2) is 0 Å². The summed E-state index contributed by atoms with van der Waals surface area (Å²) in [6, 6.07) is 17.4. The largest absolute Gasteiger partial charge is 0.497 e. The molecule has 2 aromatic carbocycles. The summed E-state index contributed by atoms with van der Waals surface area (Å²) in [6.45, 7) is 6.80. The van der Waals surface area contributed by atoms with Crippen LogP contribution in [-0.4, -0.2) is 17.6 Å². The number of carbonyl (C=O) groups excluding carboxylic acids is 1. The molecule has 0 fully saturated rings. The second-order valence-electron chi connectivity index (χ2n) is 6.62. The van der Waals surface area contributed by atoms with E-state index < -0.39 is 5.91 Å². The number of rotatable bonds is 7. The van der Waals surface area contributed by atoms with Crippen molar-refractivity contribution in [3.8, 4) is 11.8 Å². The molecule has 146 valence electrons. The Kier molecular flexibility index (Phi) is 6.16. The Balaban J connectivity index is 1.87. The van der Waals surface area contributed by atoms with Gasteiger partial charge >= 0.3 is 0 Å². The van der Waals surface area contributed by atoms with Gasteiger partial charge in [-0.1, -0.05) is 36.4 Å². The van der Waals surface area contributed by atoms with Crippen molar-refractivity contribution in [2.75, 3.05) is 7.11 Å². The van der Waals surface area contributed by atoms with Crippen LogP contribution in [0.3, 0.4) is 0 Å². The highest BCUT2D eigenvalue weighted by molar-refractivity contribution is 6.04. The number of hydrogen-bond donors (Lipinski definition) is 1. The van der Waals surface area contributed by atoms with Gasteiger partial charge in [0.15, 0.2) is 0 Å². The normalized spacial score (nSPS) is 11.1. The van der Waals surface area contributed by atoms with Crippen molar-refractivity contribution in [3.05, 3.63) is 83.6 Å².